The summed E-state index contributed by atoms with van der Waals surface area (Å²) in [5, 5.41) is 2.94. The smallest absolute Gasteiger partial charge is 0.255 e. The lowest BCUT2D eigenvalue weighted by atomic mass is 10.1. The number of hydrogen-bond acceptors (Lipinski definition) is 5. The van der Waals surface area contributed by atoms with Crippen LogP contribution < -0.4 is 19.5 Å². The van der Waals surface area contributed by atoms with Gasteiger partial charge in [0.15, 0.2) is 11.5 Å². The van der Waals surface area contributed by atoms with E-state index >= 15 is 0 Å². The van der Waals surface area contributed by atoms with E-state index in [4.69, 9.17) is 18.9 Å². The number of benzene rings is 2. The van der Waals surface area contributed by atoms with E-state index in [9.17, 15) is 4.79 Å². The molecule has 0 aromatic heterocycles. The first-order valence-corrected chi connectivity index (χ1v) is 8.76. The lowest BCUT2D eigenvalue weighted by Gasteiger charge is -2.15. The van der Waals surface area contributed by atoms with Crippen molar-refractivity contribution in [2.24, 2.45) is 0 Å². The second-order valence-corrected chi connectivity index (χ2v) is 6.22. The van der Waals surface area contributed by atoms with Gasteiger partial charge in [0.25, 0.3) is 5.91 Å². The summed E-state index contributed by atoms with van der Waals surface area (Å²) in [6, 6.07) is 11.1. The van der Waals surface area contributed by atoms with Crippen LogP contribution in [0.25, 0.3) is 0 Å². The van der Waals surface area contributed by atoms with Crippen LogP contribution in [0.5, 0.6) is 17.2 Å². The van der Waals surface area contributed by atoms with Crippen molar-refractivity contribution in [1.82, 2.24) is 5.32 Å². The van der Waals surface area contributed by atoms with Crippen LogP contribution in [-0.2, 0) is 17.9 Å². The minimum absolute atomic E-state index is 0.142. The maximum atomic E-state index is 12.7. The van der Waals surface area contributed by atoms with E-state index < -0.39 is 0 Å². The Bertz CT molecular complexity index is 773. The highest BCUT2D eigenvalue weighted by Crippen LogP contribution is 2.34. The fourth-order valence-corrected chi connectivity index (χ4v) is 2.60. The van der Waals surface area contributed by atoms with Crippen LogP contribution >= 0.6 is 0 Å². The zero-order chi connectivity index (χ0) is 19.8. The standard InChI is InChI=1S/C21H27NO5/c1-14(2)27-13-16-9-7-6-8-15(16)12-22-21(23)17-10-19(25-4)20(26-5)11-18(17)24-3/h6-11,14H,12-13H2,1-5H3,(H,22,23). The Hall–Kier alpha value is -2.73. The van der Waals surface area contributed by atoms with E-state index in [1.165, 1.54) is 21.3 Å². The molecule has 0 bridgehead atoms. The van der Waals surface area contributed by atoms with Crippen molar-refractivity contribution in [3.63, 3.8) is 0 Å². The SMILES string of the molecule is COc1cc(OC)c(C(=O)NCc2ccccc2COC(C)C)cc1OC. The number of ether oxygens (including phenoxy) is 4. The van der Waals surface area contributed by atoms with Crippen molar-refractivity contribution >= 4 is 5.91 Å². The second-order valence-electron chi connectivity index (χ2n) is 6.22. The van der Waals surface area contributed by atoms with Gasteiger partial charge in [-0.25, -0.2) is 0 Å². The first-order chi connectivity index (χ1) is 13.0. The Morgan fingerprint density at radius 2 is 1.52 bits per heavy atom. The van der Waals surface area contributed by atoms with E-state index in [2.05, 4.69) is 5.32 Å². The van der Waals surface area contributed by atoms with Crippen molar-refractivity contribution < 1.29 is 23.7 Å². The summed E-state index contributed by atoms with van der Waals surface area (Å²) in [6.07, 6.45) is 0.142. The number of carbonyl (C=O) groups is 1. The lowest BCUT2D eigenvalue weighted by molar-refractivity contribution is 0.0651. The summed E-state index contributed by atoms with van der Waals surface area (Å²) < 4.78 is 21.6. The summed E-state index contributed by atoms with van der Waals surface area (Å²) in [5.41, 5.74) is 2.43. The Morgan fingerprint density at radius 1 is 0.926 bits per heavy atom. The second kappa shape index (κ2) is 9.83. The predicted octanol–water partition coefficient (Wildman–Crippen LogP) is 3.57. The fraction of sp³-hybridized carbons (Fsp3) is 0.381. The molecule has 1 amide bonds. The normalized spacial score (nSPS) is 10.6. The van der Waals surface area contributed by atoms with Gasteiger partial charge in [0.1, 0.15) is 5.75 Å². The van der Waals surface area contributed by atoms with Crippen molar-refractivity contribution in [1.29, 1.82) is 0 Å². The first-order valence-electron chi connectivity index (χ1n) is 8.76. The van der Waals surface area contributed by atoms with Crippen LogP contribution in [0.15, 0.2) is 36.4 Å². The van der Waals surface area contributed by atoms with Gasteiger partial charge in [-0.2, -0.15) is 0 Å². The Balaban J connectivity index is 2.17. The van der Waals surface area contributed by atoms with Crippen LogP contribution in [0.1, 0.15) is 35.3 Å². The molecule has 0 aliphatic carbocycles. The number of amides is 1. The van der Waals surface area contributed by atoms with Gasteiger partial charge >= 0.3 is 0 Å². The third-order valence-electron chi connectivity index (χ3n) is 4.08. The number of carbonyl (C=O) groups excluding carboxylic acids is 1. The summed E-state index contributed by atoms with van der Waals surface area (Å²) in [4.78, 5) is 12.7. The van der Waals surface area contributed by atoms with Crippen molar-refractivity contribution in [2.75, 3.05) is 21.3 Å². The minimum Gasteiger partial charge on any atom is -0.496 e. The summed E-state index contributed by atoms with van der Waals surface area (Å²) in [7, 11) is 4.57. The predicted molar refractivity (Wildman–Crippen MR) is 104 cm³/mol. The van der Waals surface area contributed by atoms with Gasteiger partial charge in [0.2, 0.25) is 0 Å². The molecular weight excluding hydrogens is 346 g/mol. The van der Waals surface area contributed by atoms with Gasteiger partial charge < -0.3 is 24.3 Å². The summed E-state index contributed by atoms with van der Waals surface area (Å²) >= 11 is 0. The fourth-order valence-electron chi connectivity index (χ4n) is 2.60. The molecule has 0 spiro atoms. The molecule has 0 aliphatic rings. The van der Waals surface area contributed by atoms with E-state index in [1.54, 1.807) is 12.1 Å². The van der Waals surface area contributed by atoms with Crippen molar-refractivity contribution in [3.05, 3.63) is 53.1 Å². The Labute approximate surface area is 160 Å². The van der Waals surface area contributed by atoms with E-state index in [0.717, 1.165) is 11.1 Å². The highest BCUT2D eigenvalue weighted by Gasteiger charge is 2.18. The lowest BCUT2D eigenvalue weighted by Crippen LogP contribution is -2.24. The maximum absolute atomic E-state index is 12.7. The molecule has 1 N–H and O–H groups in total. The Kier molecular flexibility index (Phi) is 7.49. The average molecular weight is 373 g/mol. The minimum atomic E-state index is -0.257. The quantitative estimate of drug-likeness (QED) is 0.728. The molecule has 2 aromatic carbocycles. The average Bonchev–Trinajstić information content (AvgIpc) is 2.69. The van der Waals surface area contributed by atoms with Crippen molar-refractivity contribution in [2.45, 2.75) is 33.1 Å². The molecule has 0 unspecified atom stereocenters. The third kappa shape index (κ3) is 5.37. The molecule has 0 heterocycles. The largest absolute Gasteiger partial charge is 0.496 e. The van der Waals surface area contributed by atoms with Gasteiger partial charge in [0, 0.05) is 18.7 Å². The van der Waals surface area contributed by atoms with Crippen LogP contribution in [0.2, 0.25) is 0 Å². The van der Waals surface area contributed by atoms with Gasteiger partial charge in [-0.15, -0.1) is 0 Å². The molecule has 0 fully saturated rings. The Morgan fingerprint density at radius 3 is 2.11 bits per heavy atom. The molecule has 0 radical (unpaired) electrons. The zero-order valence-corrected chi connectivity index (χ0v) is 16.5. The molecule has 146 valence electrons. The molecule has 2 rings (SSSR count). The van der Waals surface area contributed by atoms with E-state index in [0.29, 0.717) is 36.0 Å². The molecule has 0 atom stereocenters. The van der Waals surface area contributed by atoms with Crippen molar-refractivity contribution in [3.8, 4) is 17.2 Å². The van der Waals surface area contributed by atoms with Crippen LogP contribution in [0.4, 0.5) is 0 Å². The first kappa shape index (κ1) is 20.6. The van der Waals surface area contributed by atoms with Gasteiger partial charge in [-0.1, -0.05) is 24.3 Å². The van der Waals surface area contributed by atoms with Crippen LogP contribution in [0.3, 0.4) is 0 Å². The maximum Gasteiger partial charge on any atom is 0.255 e. The van der Waals surface area contributed by atoms with Crippen LogP contribution in [-0.4, -0.2) is 33.3 Å². The third-order valence-corrected chi connectivity index (χ3v) is 4.08. The number of hydrogen-bond donors (Lipinski definition) is 1. The van der Waals surface area contributed by atoms with Crippen LogP contribution in [0, 0.1) is 0 Å². The molecular formula is C21H27NO5. The number of nitrogens with one attached hydrogen (secondary N) is 1. The molecule has 6 nitrogen and oxygen atoms in total. The van der Waals surface area contributed by atoms with E-state index in [-0.39, 0.29) is 12.0 Å². The molecule has 0 saturated heterocycles. The highest BCUT2D eigenvalue weighted by molar-refractivity contribution is 5.97. The molecule has 0 saturated carbocycles. The molecule has 2 aromatic rings. The highest BCUT2D eigenvalue weighted by atomic mass is 16.5. The zero-order valence-electron chi connectivity index (χ0n) is 16.5. The van der Waals surface area contributed by atoms with Gasteiger partial charge in [-0.3, -0.25) is 4.79 Å². The van der Waals surface area contributed by atoms with E-state index in [1.807, 2.05) is 38.1 Å². The summed E-state index contributed by atoms with van der Waals surface area (Å²) in [5.74, 6) is 1.13. The van der Waals surface area contributed by atoms with Gasteiger partial charge in [0.05, 0.1) is 39.6 Å². The summed E-state index contributed by atoms with van der Waals surface area (Å²) in [6.45, 7) is 4.87. The topological polar surface area (TPSA) is 66.0 Å². The number of methoxy groups -OCH3 is 3. The molecule has 27 heavy (non-hydrogen) atoms. The van der Waals surface area contributed by atoms with Gasteiger partial charge in [-0.05, 0) is 25.0 Å². The molecule has 0 aliphatic heterocycles. The number of rotatable bonds is 9. The monoisotopic (exact) mass is 373 g/mol. The molecule has 6 heteroatoms.